The van der Waals surface area contributed by atoms with Crippen LogP contribution in [-0.2, 0) is 12.8 Å². The Bertz CT molecular complexity index is 690. The zero-order valence-corrected chi connectivity index (χ0v) is 13.4. The van der Waals surface area contributed by atoms with Crippen molar-refractivity contribution in [3.63, 3.8) is 0 Å². The predicted octanol–water partition coefficient (Wildman–Crippen LogP) is 4.54. The summed E-state index contributed by atoms with van der Waals surface area (Å²) in [6, 6.07) is 14.4. The molecule has 0 fully saturated rings. The first-order valence-electron chi connectivity index (χ1n) is 8.20. The molecule has 0 N–H and O–H groups in total. The molecular weight excluding hydrogens is 270 g/mol. The van der Waals surface area contributed by atoms with Crippen molar-refractivity contribution in [2.24, 2.45) is 0 Å². The van der Waals surface area contributed by atoms with Gasteiger partial charge in [-0.3, -0.25) is 4.79 Å². The molecule has 1 heterocycles. The molecule has 114 valence electrons. The second kappa shape index (κ2) is 6.35. The first-order chi connectivity index (χ1) is 10.7. The van der Waals surface area contributed by atoms with Gasteiger partial charge in [-0.05, 0) is 67.5 Å². The van der Waals surface area contributed by atoms with E-state index < -0.39 is 0 Å². The van der Waals surface area contributed by atoms with E-state index in [1.165, 1.54) is 16.7 Å². The highest BCUT2D eigenvalue weighted by atomic mass is 16.2. The number of carbonyl (C=O) groups excluding carboxylic acids is 1. The van der Waals surface area contributed by atoms with Crippen molar-refractivity contribution in [1.29, 1.82) is 0 Å². The molecule has 0 saturated carbocycles. The summed E-state index contributed by atoms with van der Waals surface area (Å²) in [6.45, 7) is 5.05. The van der Waals surface area contributed by atoms with Gasteiger partial charge in [0.2, 0.25) is 0 Å². The minimum absolute atomic E-state index is 0.125. The summed E-state index contributed by atoms with van der Waals surface area (Å²) < 4.78 is 0. The smallest absolute Gasteiger partial charge is 0.258 e. The van der Waals surface area contributed by atoms with E-state index in [1.54, 1.807) is 0 Å². The molecule has 0 saturated heterocycles. The van der Waals surface area contributed by atoms with Crippen LogP contribution in [0.2, 0.25) is 0 Å². The van der Waals surface area contributed by atoms with Crippen molar-refractivity contribution >= 4 is 11.6 Å². The number of nitrogens with zero attached hydrogens (tertiary/aromatic N) is 1. The molecule has 2 aromatic carbocycles. The molecule has 0 atom stereocenters. The Balaban J connectivity index is 1.96. The number of aryl methyl sites for hydroxylation is 3. The molecule has 2 heteroatoms. The number of para-hydroxylation sites is 1. The van der Waals surface area contributed by atoms with Crippen LogP contribution in [0.15, 0.2) is 42.5 Å². The highest BCUT2D eigenvalue weighted by molar-refractivity contribution is 6.06. The zero-order valence-electron chi connectivity index (χ0n) is 13.4. The molecule has 3 rings (SSSR count). The van der Waals surface area contributed by atoms with Crippen molar-refractivity contribution in [2.45, 2.75) is 39.5 Å². The number of rotatable bonds is 2. The molecule has 0 radical (unpaired) electrons. The standard InChI is InChI=1S/C20H23NO/c1-3-16-11-12-18(14-15(16)2)20(22)21-13-7-6-9-17-8-4-5-10-19(17)21/h4-5,8,10-12,14H,3,6-7,9,13H2,1-2H3. The number of hydrogen-bond donors (Lipinski definition) is 0. The zero-order chi connectivity index (χ0) is 15.5. The molecule has 1 aliphatic rings. The maximum atomic E-state index is 13.0. The fraction of sp³-hybridized carbons (Fsp3) is 0.350. The van der Waals surface area contributed by atoms with Gasteiger partial charge in [-0.1, -0.05) is 31.2 Å². The van der Waals surface area contributed by atoms with Crippen molar-refractivity contribution < 1.29 is 4.79 Å². The van der Waals surface area contributed by atoms with E-state index in [0.717, 1.165) is 43.5 Å². The van der Waals surface area contributed by atoms with Crippen LogP contribution in [0.25, 0.3) is 0 Å². The third-order valence-corrected chi connectivity index (χ3v) is 4.58. The maximum Gasteiger partial charge on any atom is 0.258 e. The Hall–Kier alpha value is -2.09. The Morgan fingerprint density at radius 1 is 1.14 bits per heavy atom. The first kappa shape index (κ1) is 14.8. The topological polar surface area (TPSA) is 20.3 Å². The average molecular weight is 293 g/mol. The molecular formula is C20H23NO. The van der Waals surface area contributed by atoms with Gasteiger partial charge in [0.1, 0.15) is 0 Å². The third kappa shape index (κ3) is 2.78. The summed E-state index contributed by atoms with van der Waals surface area (Å²) >= 11 is 0. The van der Waals surface area contributed by atoms with Crippen molar-refractivity contribution in [2.75, 3.05) is 11.4 Å². The highest BCUT2D eigenvalue weighted by Crippen LogP contribution is 2.27. The molecule has 0 unspecified atom stereocenters. The summed E-state index contributed by atoms with van der Waals surface area (Å²) in [5.41, 5.74) is 5.69. The fourth-order valence-electron chi connectivity index (χ4n) is 3.28. The SMILES string of the molecule is CCc1ccc(C(=O)N2CCCCc3ccccc32)cc1C. The minimum atomic E-state index is 0.125. The van der Waals surface area contributed by atoms with Crippen LogP contribution in [0.4, 0.5) is 5.69 Å². The van der Waals surface area contributed by atoms with E-state index in [-0.39, 0.29) is 5.91 Å². The molecule has 22 heavy (non-hydrogen) atoms. The van der Waals surface area contributed by atoms with Crippen LogP contribution in [0.1, 0.15) is 46.8 Å². The first-order valence-corrected chi connectivity index (χ1v) is 8.20. The van der Waals surface area contributed by atoms with E-state index >= 15 is 0 Å². The van der Waals surface area contributed by atoms with Gasteiger partial charge in [-0.2, -0.15) is 0 Å². The van der Waals surface area contributed by atoms with Crippen LogP contribution in [0.3, 0.4) is 0 Å². The minimum Gasteiger partial charge on any atom is -0.308 e. The molecule has 2 aromatic rings. The molecule has 0 spiro atoms. The number of anilines is 1. The third-order valence-electron chi connectivity index (χ3n) is 4.58. The van der Waals surface area contributed by atoms with Crippen LogP contribution in [-0.4, -0.2) is 12.5 Å². The molecule has 0 bridgehead atoms. The van der Waals surface area contributed by atoms with Gasteiger partial charge in [0, 0.05) is 17.8 Å². The van der Waals surface area contributed by atoms with Crippen molar-refractivity contribution in [3.05, 3.63) is 64.7 Å². The van der Waals surface area contributed by atoms with Crippen LogP contribution < -0.4 is 4.90 Å². The number of amides is 1. The molecule has 1 aliphatic heterocycles. The monoisotopic (exact) mass is 293 g/mol. The fourth-order valence-corrected chi connectivity index (χ4v) is 3.28. The molecule has 0 aliphatic carbocycles. The van der Waals surface area contributed by atoms with Gasteiger partial charge >= 0.3 is 0 Å². The Kier molecular flexibility index (Phi) is 4.28. The number of fused-ring (bicyclic) bond motifs is 1. The average Bonchev–Trinajstić information content (AvgIpc) is 2.76. The lowest BCUT2D eigenvalue weighted by Crippen LogP contribution is -2.31. The van der Waals surface area contributed by atoms with E-state index in [2.05, 4.69) is 38.1 Å². The molecule has 1 amide bonds. The normalized spacial score (nSPS) is 14.4. The lowest BCUT2D eigenvalue weighted by Gasteiger charge is -2.23. The van der Waals surface area contributed by atoms with Gasteiger partial charge in [0.15, 0.2) is 0 Å². The van der Waals surface area contributed by atoms with Gasteiger partial charge in [-0.15, -0.1) is 0 Å². The van der Waals surface area contributed by atoms with Gasteiger partial charge in [-0.25, -0.2) is 0 Å². The second-order valence-electron chi connectivity index (χ2n) is 6.04. The van der Waals surface area contributed by atoms with E-state index in [9.17, 15) is 4.79 Å². The highest BCUT2D eigenvalue weighted by Gasteiger charge is 2.22. The van der Waals surface area contributed by atoms with Crippen molar-refractivity contribution in [1.82, 2.24) is 0 Å². The Morgan fingerprint density at radius 2 is 1.95 bits per heavy atom. The molecule has 0 aromatic heterocycles. The van der Waals surface area contributed by atoms with Crippen LogP contribution in [0, 0.1) is 6.92 Å². The Morgan fingerprint density at radius 3 is 2.73 bits per heavy atom. The summed E-state index contributed by atoms with van der Waals surface area (Å²) in [6.07, 6.45) is 4.28. The van der Waals surface area contributed by atoms with E-state index in [1.807, 2.05) is 23.1 Å². The van der Waals surface area contributed by atoms with E-state index in [0.29, 0.717) is 0 Å². The summed E-state index contributed by atoms with van der Waals surface area (Å²) in [7, 11) is 0. The molecule has 2 nitrogen and oxygen atoms in total. The number of hydrogen-bond acceptors (Lipinski definition) is 1. The summed E-state index contributed by atoms with van der Waals surface area (Å²) in [5.74, 6) is 0.125. The lowest BCUT2D eigenvalue weighted by molar-refractivity contribution is 0.0987. The van der Waals surface area contributed by atoms with Crippen LogP contribution in [0.5, 0.6) is 0 Å². The van der Waals surface area contributed by atoms with Gasteiger partial charge < -0.3 is 4.90 Å². The summed E-state index contributed by atoms with van der Waals surface area (Å²) in [4.78, 5) is 15.0. The largest absolute Gasteiger partial charge is 0.308 e. The van der Waals surface area contributed by atoms with Crippen LogP contribution >= 0.6 is 0 Å². The Labute approximate surface area is 132 Å². The second-order valence-corrected chi connectivity index (χ2v) is 6.04. The van der Waals surface area contributed by atoms with Gasteiger partial charge in [0.25, 0.3) is 5.91 Å². The summed E-state index contributed by atoms with van der Waals surface area (Å²) in [5, 5.41) is 0. The predicted molar refractivity (Wildman–Crippen MR) is 91.6 cm³/mol. The number of benzene rings is 2. The maximum absolute atomic E-state index is 13.0. The van der Waals surface area contributed by atoms with Gasteiger partial charge in [0.05, 0.1) is 0 Å². The quantitative estimate of drug-likeness (QED) is 0.796. The van der Waals surface area contributed by atoms with Crippen molar-refractivity contribution in [3.8, 4) is 0 Å². The number of carbonyl (C=O) groups is 1. The lowest BCUT2D eigenvalue weighted by atomic mass is 10.0. The van der Waals surface area contributed by atoms with E-state index in [4.69, 9.17) is 0 Å².